The first-order valence-electron chi connectivity index (χ1n) is 7.85. The third kappa shape index (κ3) is 3.02. The minimum absolute atomic E-state index is 0.0350. The molecule has 0 radical (unpaired) electrons. The zero-order valence-corrected chi connectivity index (χ0v) is 14.3. The van der Waals surface area contributed by atoms with Crippen LogP contribution in [0.25, 0.3) is 22.6 Å². The third-order valence-corrected chi connectivity index (χ3v) is 4.12. The molecule has 0 bridgehead atoms. The summed E-state index contributed by atoms with van der Waals surface area (Å²) in [6, 6.07) is 9.54. The van der Waals surface area contributed by atoms with Crippen LogP contribution < -0.4 is 11.5 Å². The Hall–Kier alpha value is -3.61. The van der Waals surface area contributed by atoms with Crippen LogP contribution in [0.1, 0.15) is 21.6 Å². The molecule has 0 saturated carbocycles. The van der Waals surface area contributed by atoms with E-state index >= 15 is 0 Å². The smallest absolute Gasteiger partial charge is 0.269 e. The van der Waals surface area contributed by atoms with Gasteiger partial charge in [0.25, 0.3) is 5.91 Å². The molecule has 3 aromatic rings. The highest BCUT2D eigenvalue weighted by Gasteiger charge is 2.20. The van der Waals surface area contributed by atoms with Gasteiger partial charge in [0, 0.05) is 11.1 Å². The van der Waals surface area contributed by atoms with Crippen molar-refractivity contribution in [2.45, 2.75) is 13.8 Å². The first-order valence-corrected chi connectivity index (χ1v) is 7.85. The average Bonchev–Trinajstić information content (AvgIpc) is 2.59. The molecule has 0 atom stereocenters. The van der Waals surface area contributed by atoms with E-state index in [1.807, 2.05) is 13.8 Å². The number of anilines is 1. The van der Waals surface area contributed by atoms with Crippen LogP contribution in [0.2, 0.25) is 0 Å². The number of rotatable bonds is 3. The molecule has 0 aliphatic rings. The van der Waals surface area contributed by atoms with Crippen molar-refractivity contribution in [3.63, 3.8) is 0 Å². The van der Waals surface area contributed by atoms with Crippen molar-refractivity contribution in [2.75, 3.05) is 5.73 Å². The second kappa shape index (κ2) is 6.36. The fourth-order valence-electron chi connectivity index (χ4n) is 2.70. The number of nitrogens with two attached hydrogens (primary N) is 2. The van der Waals surface area contributed by atoms with Gasteiger partial charge in [-0.1, -0.05) is 12.1 Å². The van der Waals surface area contributed by atoms with Crippen molar-refractivity contribution in [1.29, 1.82) is 0 Å². The molecule has 0 fully saturated rings. The van der Waals surface area contributed by atoms with E-state index in [9.17, 15) is 15.0 Å². The number of carbonyl (C=O) groups excluding carboxylic acids is 1. The van der Waals surface area contributed by atoms with Crippen molar-refractivity contribution in [3.8, 4) is 34.1 Å². The number of aryl methyl sites for hydroxylation is 2. The molecule has 6 N–H and O–H groups in total. The number of nitrogen functional groups attached to an aromatic ring is 1. The molecule has 26 heavy (non-hydrogen) atoms. The first-order chi connectivity index (χ1) is 12.3. The quantitative estimate of drug-likeness (QED) is 0.573. The number of aromatic hydroxyl groups is 2. The predicted molar refractivity (Wildman–Crippen MR) is 98.6 cm³/mol. The Labute approximate surface area is 150 Å². The van der Waals surface area contributed by atoms with Gasteiger partial charge in [0.1, 0.15) is 11.5 Å². The molecule has 1 heterocycles. The maximum atomic E-state index is 11.8. The molecule has 132 valence electrons. The molecule has 2 aromatic carbocycles. The summed E-state index contributed by atoms with van der Waals surface area (Å²) in [7, 11) is 0. The summed E-state index contributed by atoms with van der Waals surface area (Å²) in [6.45, 7) is 3.66. The lowest BCUT2D eigenvalue weighted by Gasteiger charge is -2.14. The Morgan fingerprint density at radius 2 is 1.46 bits per heavy atom. The van der Waals surface area contributed by atoms with Crippen molar-refractivity contribution >= 4 is 11.6 Å². The largest absolute Gasteiger partial charge is 0.508 e. The zero-order valence-electron chi connectivity index (χ0n) is 14.3. The van der Waals surface area contributed by atoms with Gasteiger partial charge in [0.2, 0.25) is 0 Å². The number of aromatic nitrogens is 2. The molecule has 0 aliphatic carbocycles. The molecule has 1 aromatic heterocycles. The highest BCUT2D eigenvalue weighted by atomic mass is 16.3. The minimum atomic E-state index is -0.789. The number of nitrogens with zero attached hydrogens (tertiary/aromatic N) is 2. The Bertz CT molecular complexity index is 1030. The maximum absolute atomic E-state index is 11.8. The van der Waals surface area contributed by atoms with Gasteiger partial charge in [-0.25, -0.2) is 9.97 Å². The summed E-state index contributed by atoms with van der Waals surface area (Å²) in [4.78, 5) is 20.5. The molecule has 0 saturated heterocycles. The van der Waals surface area contributed by atoms with Gasteiger partial charge in [-0.3, -0.25) is 4.79 Å². The van der Waals surface area contributed by atoms with Crippen LogP contribution in [-0.4, -0.2) is 26.1 Å². The van der Waals surface area contributed by atoms with Gasteiger partial charge in [-0.05, 0) is 49.2 Å². The SMILES string of the molecule is Cc1ccc(O)cc1-c1nc(C(N)=O)c(N)c(-c2cc(O)ccc2C)n1. The van der Waals surface area contributed by atoms with Gasteiger partial charge in [-0.15, -0.1) is 0 Å². The number of benzene rings is 2. The van der Waals surface area contributed by atoms with E-state index in [4.69, 9.17) is 11.5 Å². The number of carbonyl (C=O) groups is 1. The predicted octanol–water partition coefficient (Wildman–Crippen LogP) is 2.52. The zero-order chi connectivity index (χ0) is 19.0. The summed E-state index contributed by atoms with van der Waals surface area (Å²) in [5, 5.41) is 19.6. The first kappa shape index (κ1) is 17.2. The highest BCUT2D eigenvalue weighted by molar-refractivity contribution is 6.00. The normalized spacial score (nSPS) is 10.7. The second-order valence-corrected chi connectivity index (χ2v) is 6.02. The molecular weight excluding hydrogens is 332 g/mol. The summed E-state index contributed by atoms with van der Waals surface area (Å²) < 4.78 is 0. The van der Waals surface area contributed by atoms with Crippen LogP contribution >= 0.6 is 0 Å². The van der Waals surface area contributed by atoms with E-state index in [2.05, 4.69) is 9.97 Å². The molecule has 1 amide bonds. The lowest BCUT2D eigenvalue weighted by molar-refractivity contribution is 0.0996. The standard InChI is InChI=1S/C19H18N4O3/c1-9-3-5-11(24)7-13(9)16-15(20)17(18(21)26)23-19(22-16)14-8-12(25)6-4-10(14)2/h3-8,24-25H,20H2,1-2H3,(H2,21,26). The maximum Gasteiger partial charge on any atom is 0.269 e. The van der Waals surface area contributed by atoms with E-state index in [0.717, 1.165) is 11.1 Å². The Balaban J connectivity index is 2.35. The van der Waals surface area contributed by atoms with Gasteiger partial charge < -0.3 is 21.7 Å². The summed E-state index contributed by atoms with van der Waals surface area (Å²) >= 11 is 0. The molecule has 0 unspecified atom stereocenters. The van der Waals surface area contributed by atoms with Crippen LogP contribution in [0.5, 0.6) is 11.5 Å². The average molecular weight is 350 g/mol. The lowest BCUT2D eigenvalue weighted by atomic mass is 10.0. The van der Waals surface area contributed by atoms with Gasteiger partial charge >= 0.3 is 0 Å². The number of hydrogen-bond acceptors (Lipinski definition) is 6. The topological polar surface area (TPSA) is 135 Å². The van der Waals surface area contributed by atoms with Crippen LogP contribution in [0, 0.1) is 13.8 Å². The summed E-state index contributed by atoms with van der Waals surface area (Å²) in [5.74, 6) is -0.497. The lowest BCUT2D eigenvalue weighted by Crippen LogP contribution is -2.18. The Morgan fingerprint density at radius 1 is 0.923 bits per heavy atom. The minimum Gasteiger partial charge on any atom is -0.508 e. The van der Waals surface area contributed by atoms with E-state index in [1.165, 1.54) is 12.1 Å². The Kier molecular flexibility index (Phi) is 4.21. The molecule has 0 spiro atoms. The Morgan fingerprint density at radius 3 is 2.04 bits per heavy atom. The third-order valence-electron chi connectivity index (χ3n) is 4.12. The molecule has 0 aliphatic heterocycles. The van der Waals surface area contributed by atoms with Gasteiger partial charge in [0.05, 0.1) is 11.4 Å². The van der Waals surface area contributed by atoms with E-state index in [-0.39, 0.29) is 28.7 Å². The number of primary amides is 1. The second-order valence-electron chi connectivity index (χ2n) is 6.02. The monoisotopic (exact) mass is 350 g/mol. The molecular formula is C19H18N4O3. The fourth-order valence-corrected chi connectivity index (χ4v) is 2.70. The van der Waals surface area contributed by atoms with E-state index < -0.39 is 5.91 Å². The summed E-state index contributed by atoms with van der Waals surface area (Å²) in [5.41, 5.74) is 14.5. The molecule has 7 heteroatoms. The van der Waals surface area contributed by atoms with Gasteiger partial charge in [-0.2, -0.15) is 0 Å². The van der Waals surface area contributed by atoms with Gasteiger partial charge in [0.15, 0.2) is 11.5 Å². The van der Waals surface area contributed by atoms with Crippen molar-refractivity contribution in [3.05, 3.63) is 53.2 Å². The van der Waals surface area contributed by atoms with Crippen LogP contribution in [0.4, 0.5) is 5.69 Å². The number of phenolic OH excluding ortho intramolecular Hbond substituents is 2. The van der Waals surface area contributed by atoms with Crippen LogP contribution in [0.15, 0.2) is 36.4 Å². The van der Waals surface area contributed by atoms with Crippen LogP contribution in [0.3, 0.4) is 0 Å². The number of amides is 1. The fraction of sp³-hybridized carbons (Fsp3) is 0.105. The number of phenols is 2. The molecule has 7 nitrogen and oxygen atoms in total. The van der Waals surface area contributed by atoms with Crippen LogP contribution in [-0.2, 0) is 0 Å². The van der Waals surface area contributed by atoms with Crippen molar-refractivity contribution in [1.82, 2.24) is 9.97 Å². The molecule has 3 rings (SSSR count). The highest BCUT2D eigenvalue weighted by Crippen LogP contribution is 2.34. The summed E-state index contributed by atoms with van der Waals surface area (Å²) in [6.07, 6.45) is 0. The van der Waals surface area contributed by atoms with E-state index in [0.29, 0.717) is 16.8 Å². The van der Waals surface area contributed by atoms with Crippen molar-refractivity contribution in [2.24, 2.45) is 5.73 Å². The number of hydrogen-bond donors (Lipinski definition) is 4. The van der Waals surface area contributed by atoms with Crippen molar-refractivity contribution < 1.29 is 15.0 Å². The van der Waals surface area contributed by atoms with E-state index in [1.54, 1.807) is 24.3 Å².